The minimum atomic E-state index is -1.07. The summed E-state index contributed by atoms with van der Waals surface area (Å²) >= 11 is 7.80. The largest absolute Gasteiger partial charge is 0.464 e. The molecule has 1 saturated heterocycles. The fourth-order valence-electron chi connectivity index (χ4n) is 4.88. The maximum Gasteiger partial charge on any atom is 0.332 e. The summed E-state index contributed by atoms with van der Waals surface area (Å²) in [4.78, 5) is 27.4. The molecule has 0 unspecified atom stereocenters. The predicted octanol–water partition coefficient (Wildman–Crippen LogP) is 7.20. The van der Waals surface area contributed by atoms with Crippen LogP contribution in [0.3, 0.4) is 0 Å². The van der Waals surface area contributed by atoms with Crippen molar-refractivity contribution in [3.05, 3.63) is 81.4 Å². The van der Waals surface area contributed by atoms with Crippen LogP contribution in [0.2, 0.25) is 5.02 Å². The number of hydrogen-bond donors (Lipinski definition) is 2. The number of halogens is 1. The molecule has 3 aromatic rings. The van der Waals surface area contributed by atoms with Crippen molar-refractivity contribution in [2.45, 2.75) is 57.9 Å². The van der Waals surface area contributed by atoms with Crippen LogP contribution >= 0.6 is 23.5 Å². The lowest BCUT2D eigenvalue weighted by molar-refractivity contribution is -0.154. The number of aryl methyl sites for hydroxylation is 4. The number of carbonyl (C=O) groups is 2. The summed E-state index contributed by atoms with van der Waals surface area (Å²) in [5, 5.41) is 3.78. The fourth-order valence-corrected chi connectivity index (χ4v) is 5.91. The maximum atomic E-state index is 13.5. The van der Waals surface area contributed by atoms with Gasteiger partial charge >= 0.3 is 5.97 Å². The highest BCUT2D eigenvalue weighted by atomic mass is 35.5. The van der Waals surface area contributed by atoms with Crippen LogP contribution in [0.15, 0.2) is 53.4 Å². The average molecular weight is 567 g/mol. The summed E-state index contributed by atoms with van der Waals surface area (Å²) in [6.45, 7) is 10.7. The molecule has 0 atom stereocenters. The molecule has 8 heteroatoms. The van der Waals surface area contributed by atoms with Gasteiger partial charge in [0.25, 0.3) is 5.91 Å². The molecule has 0 aliphatic carbocycles. The number of anilines is 1. The van der Waals surface area contributed by atoms with Crippen LogP contribution < -0.4 is 10.0 Å². The van der Waals surface area contributed by atoms with Crippen LogP contribution in [0.1, 0.15) is 52.4 Å². The summed E-state index contributed by atoms with van der Waals surface area (Å²) in [6.07, 6.45) is 0.779. The highest BCUT2D eigenvalue weighted by Crippen LogP contribution is 2.32. The summed E-state index contributed by atoms with van der Waals surface area (Å²) in [5.41, 5.74) is 6.37. The van der Waals surface area contributed by atoms with Gasteiger partial charge in [0.05, 0.1) is 6.61 Å². The first-order chi connectivity index (χ1) is 18.6. The molecule has 1 amide bonds. The van der Waals surface area contributed by atoms with Crippen LogP contribution in [0.25, 0.3) is 11.1 Å². The van der Waals surface area contributed by atoms with Gasteiger partial charge < -0.3 is 19.5 Å². The molecule has 39 heavy (non-hydrogen) atoms. The summed E-state index contributed by atoms with van der Waals surface area (Å²) in [5.74, 6) is -0.674. The van der Waals surface area contributed by atoms with Crippen molar-refractivity contribution >= 4 is 41.1 Å². The van der Waals surface area contributed by atoms with E-state index in [1.807, 2.05) is 58.0 Å². The zero-order valence-electron chi connectivity index (χ0n) is 23.1. The third kappa shape index (κ3) is 6.60. The monoisotopic (exact) mass is 566 g/mol. The van der Waals surface area contributed by atoms with Gasteiger partial charge in [-0.1, -0.05) is 35.9 Å². The second-order valence-corrected chi connectivity index (χ2v) is 11.3. The topological polar surface area (TPSA) is 76.7 Å². The standard InChI is InChI=1S/C31H35ClN2O4S/c1-6-38-30(36)31(10-12-37-13-11-31)33-29(35)28-21(4)14-24(15-22(28)5)23-8-7-9-25(18-23)34-39-27-17-19(2)26(32)16-20(27)3/h7-9,14-18,34H,6,10-13H2,1-5H3,(H,33,35). The number of rotatable bonds is 8. The third-order valence-corrected chi connectivity index (χ3v) is 8.46. The first kappa shape index (κ1) is 29.0. The number of benzene rings is 3. The molecule has 2 N–H and O–H groups in total. The van der Waals surface area contributed by atoms with Gasteiger partial charge in [0.15, 0.2) is 0 Å². The third-order valence-electron chi connectivity index (χ3n) is 7.06. The molecule has 6 nitrogen and oxygen atoms in total. The summed E-state index contributed by atoms with van der Waals surface area (Å²) < 4.78 is 14.2. The van der Waals surface area contributed by atoms with E-state index in [9.17, 15) is 9.59 Å². The van der Waals surface area contributed by atoms with Crippen molar-refractivity contribution in [2.75, 3.05) is 24.5 Å². The zero-order chi connectivity index (χ0) is 28.2. The van der Waals surface area contributed by atoms with Crippen LogP contribution in [0.4, 0.5) is 5.69 Å². The number of ether oxygens (including phenoxy) is 2. The first-order valence-electron chi connectivity index (χ1n) is 13.1. The predicted molar refractivity (Wildman–Crippen MR) is 159 cm³/mol. The molecule has 1 aliphatic heterocycles. The molecular formula is C31H35ClN2O4S. The zero-order valence-corrected chi connectivity index (χ0v) is 24.6. The summed E-state index contributed by atoms with van der Waals surface area (Å²) in [6, 6.07) is 16.3. The lowest BCUT2D eigenvalue weighted by Gasteiger charge is -2.35. The van der Waals surface area contributed by atoms with E-state index in [2.05, 4.69) is 28.2 Å². The Morgan fingerprint density at radius 2 is 1.64 bits per heavy atom. The lowest BCUT2D eigenvalue weighted by atomic mass is 9.88. The molecule has 1 heterocycles. The van der Waals surface area contributed by atoms with Gasteiger partial charge in [0, 0.05) is 47.2 Å². The molecule has 206 valence electrons. The van der Waals surface area contributed by atoms with E-state index < -0.39 is 11.5 Å². The molecule has 0 saturated carbocycles. The highest BCUT2D eigenvalue weighted by Gasteiger charge is 2.43. The van der Waals surface area contributed by atoms with Gasteiger partial charge in [-0.2, -0.15) is 0 Å². The molecule has 4 rings (SSSR count). The van der Waals surface area contributed by atoms with Crippen LogP contribution in [0, 0.1) is 27.7 Å². The second kappa shape index (κ2) is 12.5. The Morgan fingerprint density at radius 3 is 2.31 bits per heavy atom. The quantitative estimate of drug-likeness (QED) is 0.222. The molecule has 3 aromatic carbocycles. The van der Waals surface area contributed by atoms with Crippen LogP contribution in [-0.2, 0) is 14.3 Å². The SMILES string of the molecule is CCOC(=O)C1(NC(=O)c2c(C)cc(-c3cccc(NSc4cc(C)c(Cl)cc4C)c3)cc2C)CCOCC1. The Labute approximate surface area is 239 Å². The van der Waals surface area contributed by atoms with E-state index in [1.165, 1.54) is 0 Å². The molecule has 0 spiro atoms. The van der Waals surface area contributed by atoms with E-state index in [4.69, 9.17) is 21.1 Å². The Balaban J connectivity index is 1.54. The Bertz CT molecular complexity index is 1360. The number of amides is 1. The van der Waals surface area contributed by atoms with Crippen molar-refractivity contribution in [1.29, 1.82) is 0 Å². The van der Waals surface area contributed by atoms with Gasteiger partial charge in [-0.05, 0) is 104 Å². The minimum Gasteiger partial charge on any atom is -0.464 e. The van der Waals surface area contributed by atoms with E-state index >= 15 is 0 Å². The van der Waals surface area contributed by atoms with Crippen molar-refractivity contribution in [3.8, 4) is 11.1 Å². The van der Waals surface area contributed by atoms with Crippen LogP contribution in [-0.4, -0.2) is 37.2 Å². The smallest absolute Gasteiger partial charge is 0.332 e. The Hall–Kier alpha value is -3.00. The molecule has 1 fully saturated rings. The number of esters is 1. The van der Waals surface area contributed by atoms with Crippen molar-refractivity contribution in [2.24, 2.45) is 0 Å². The normalized spacial score (nSPS) is 14.5. The Morgan fingerprint density at radius 1 is 0.949 bits per heavy atom. The van der Waals surface area contributed by atoms with Gasteiger partial charge in [-0.25, -0.2) is 4.79 Å². The number of carbonyl (C=O) groups excluding carboxylic acids is 2. The highest BCUT2D eigenvalue weighted by molar-refractivity contribution is 8.00. The molecular weight excluding hydrogens is 532 g/mol. The molecule has 0 aromatic heterocycles. The molecule has 0 bridgehead atoms. The minimum absolute atomic E-state index is 0.259. The molecule has 0 radical (unpaired) electrons. The van der Waals surface area contributed by atoms with Crippen molar-refractivity contribution in [3.63, 3.8) is 0 Å². The van der Waals surface area contributed by atoms with Gasteiger partial charge in [-0.15, -0.1) is 0 Å². The lowest BCUT2D eigenvalue weighted by Crippen LogP contribution is -2.58. The van der Waals surface area contributed by atoms with Gasteiger partial charge in [0.2, 0.25) is 0 Å². The van der Waals surface area contributed by atoms with Crippen LogP contribution in [0.5, 0.6) is 0 Å². The van der Waals surface area contributed by atoms with E-state index in [-0.39, 0.29) is 12.5 Å². The molecule has 1 aliphatic rings. The van der Waals surface area contributed by atoms with E-state index in [0.29, 0.717) is 31.6 Å². The van der Waals surface area contributed by atoms with E-state index in [1.54, 1.807) is 18.9 Å². The van der Waals surface area contributed by atoms with Gasteiger partial charge in [-0.3, -0.25) is 4.79 Å². The fraction of sp³-hybridized carbons (Fsp3) is 0.355. The summed E-state index contributed by atoms with van der Waals surface area (Å²) in [7, 11) is 0. The number of nitrogens with one attached hydrogen (secondary N) is 2. The number of hydrogen-bond acceptors (Lipinski definition) is 6. The van der Waals surface area contributed by atoms with E-state index in [0.717, 1.165) is 49.0 Å². The van der Waals surface area contributed by atoms with Crippen molar-refractivity contribution < 1.29 is 19.1 Å². The average Bonchev–Trinajstić information content (AvgIpc) is 2.90. The van der Waals surface area contributed by atoms with Gasteiger partial charge in [0.1, 0.15) is 5.54 Å². The Kier molecular flexibility index (Phi) is 9.26. The second-order valence-electron chi connectivity index (χ2n) is 10.0. The van der Waals surface area contributed by atoms with Crippen molar-refractivity contribution in [1.82, 2.24) is 5.32 Å². The maximum absolute atomic E-state index is 13.5. The first-order valence-corrected chi connectivity index (χ1v) is 14.3.